The molecule has 0 amide bonds. The Morgan fingerprint density at radius 2 is 1.93 bits per heavy atom. The van der Waals surface area contributed by atoms with Crippen LogP contribution in [-0.2, 0) is 9.53 Å². The van der Waals surface area contributed by atoms with Crippen LogP contribution in [0.25, 0.3) is 0 Å². The zero-order valence-corrected chi connectivity index (χ0v) is 8.44. The Balaban J connectivity index is 2.75. The minimum atomic E-state index is -0.595. The molecule has 0 spiro atoms. The van der Waals surface area contributed by atoms with Gasteiger partial charge in [0, 0.05) is 5.92 Å². The second-order valence-electron chi connectivity index (χ2n) is 3.25. The second-order valence-corrected chi connectivity index (χ2v) is 3.25. The number of methoxy groups -OCH3 is 1. The molecule has 0 aliphatic heterocycles. The Hall–Kier alpha value is -1.35. The fourth-order valence-electron chi connectivity index (χ4n) is 1.30. The van der Waals surface area contributed by atoms with Crippen LogP contribution in [0.15, 0.2) is 30.3 Å². The van der Waals surface area contributed by atoms with Gasteiger partial charge in [-0.1, -0.05) is 37.3 Å². The molecule has 0 saturated heterocycles. The van der Waals surface area contributed by atoms with Crippen LogP contribution in [0.3, 0.4) is 0 Å². The van der Waals surface area contributed by atoms with E-state index in [4.69, 9.17) is 5.73 Å². The van der Waals surface area contributed by atoms with Crippen molar-refractivity contribution in [2.75, 3.05) is 7.11 Å². The third-order valence-electron chi connectivity index (χ3n) is 2.34. The van der Waals surface area contributed by atoms with Crippen molar-refractivity contribution < 1.29 is 9.53 Å². The van der Waals surface area contributed by atoms with Crippen LogP contribution < -0.4 is 5.73 Å². The van der Waals surface area contributed by atoms with E-state index in [0.717, 1.165) is 5.56 Å². The summed E-state index contributed by atoms with van der Waals surface area (Å²) in [6.45, 7) is 1.91. The highest BCUT2D eigenvalue weighted by Gasteiger charge is 2.22. The van der Waals surface area contributed by atoms with E-state index < -0.39 is 6.04 Å². The molecule has 1 rings (SSSR count). The lowest BCUT2D eigenvalue weighted by Gasteiger charge is -2.17. The Morgan fingerprint density at radius 3 is 2.43 bits per heavy atom. The summed E-state index contributed by atoms with van der Waals surface area (Å²) < 4.78 is 4.59. The van der Waals surface area contributed by atoms with E-state index in [0.29, 0.717) is 0 Å². The van der Waals surface area contributed by atoms with Crippen LogP contribution in [0.1, 0.15) is 18.4 Å². The molecule has 3 nitrogen and oxygen atoms in total. The number of benzene rings is 1. The first-order valence-corrected chi connectivity index (χ1v) is 4.55. The molecule has 76 valence electrons. The number of ether oxygens (including phenoxy) is 1. The largest absolute Gasteiger partial charge is 0.468 e. The normalized spacial score (nSPS) is 14.5. The Morgan fingerprint density at radius 1 is 1.36 bits per heavy atom. The van der Waals surface area contributed by atoms with Crippen LogP contribution in [0.4, 0.5) is 0 Å². The summed E-state index contributed by atoms with van der Waals surface area (Å²) in [4.78, 5) is 11.2. The third-order valence-corrected chi connectivity index (χ3v) is 2.34. The van der Waals surface area contributed by atoms with Gasteiger partial charge in [-0.05, 0) is 5.56 Å². The summed E-state index contributed by atoms with van der Waals surface area (Å²) in [5.41, 5.74) is 6.78. The standard InChI is InChI=1S/C11H15NO2/c1-8(10(12)11(13)14-2)9-6-4-3-5-7-9/h3-8,10H,12H2,1-2H3/t8-,10+/m0/s1. The van der Waals surface area contributed by atoms with Crippen molar-refractivity contribution in [3.05, 3.63) is 35.9 Å². The van der Waals surface area contributed by atoms with Crippen LogP contribution in [-0.4, -0.2) is 19.1 Å². The van der Waals surface area contributed by atoms with Gasteiger partial charge in [-0.25, -0.2) is 0 Å². The molecule has 3 heteroatoms. The number of nitrogens with two attached hydrogens (primary N) is 1. The van der Waals surface area contributed by atoms with Crippen molar-refractivity contribution in [1.29, 1.82) is 0 Å². The van der Waals surface area contributed by atoms with E-state index in [-0.39, 0.29) is 11.9 Å². The van der Waals surface area contributed by atoms with Crippen molar-refractivity contribution in [3.63, 3.8) is 0 Å². The summed E-state index contributed by atoms with van der Waals surface area (Å²) in [6, 6.07) is 9.09. The monoisotopic (exact) mass is 193 g/mol. The fraction of sp³-hybridized carbons (Fsp3) is 0.364. The molecule has 0 aliphatic rings. The van der Waals surface area contributed by atoms with E-state index in [9.17, 15) is 4.79 Å². The third kappa shape index (κ3) is 2.33. The maximum absolute atomic E-state index is 11.2. The number of carbonyl (C=O) groups is 1. The van der Waals surface area contributed by atoms with E-state index in [1.165, 1.54) is 7.11 Å². The summed E-state index contributed by atoms with van der Waals surface area (Å²) in [5.74, 6) is -0.398. The smallest absolute Gasteiger partial charge is 0.323 e. The quantitative estimate of drug-likeness (QED) is 0.736. The zero-order valence-electron chi connectivity index (χ0n) is 8.44. The molecule has 0 unspecified atom stereocenters. The minimum absolute atomic E-state index is 0.0244. The van der Waals surface area contributed by atoms with Crippen molar-refractivity contribution in [3.8, 4) is 0 Å². The number of hydrogen-bond acceptors (Lipinski definition) is 3. The Bertz CT molecular complexity index is 297. The van der Waals surface area contributed by atoms with Crippen molar-refractivity contribution >= 4 is 5.97 Å². The summed E-state index contributed by atoms with van der Waals surface area (Å²) in [5, 5.41) is 0. The second kappa shape index (κ2) is 4.77. The molecule has 0 heterocycles. The van der Waals surface area contributed by atoms with Crippen molar-refractivity contribution in [1.82, 2.24) is 0 Å². The molecule has 1 aromatic rings. The number of esters is 1. The maximum Gasteiger partial charge on any atom is 0.323 e. The van der Waals surface area contributed by atoms with E-state index in [2.05, 4.69) is 4.74 Å². The van der Waals surface area contributed by atoms with Gasteiger partial charge in [-0.2, -0.15) is 0 Å². The summed E-state index contributed by atoms with van der Waals surface area (Å²) in [7, 11) is 1.35. The van der Waals surface area contributed by atoms with Gasteiger partial charge in [0.25, 0.3) is 0 Å². The summed E-state index contributed by atoms with van der Waals surface area (Å²) in [6.07, 6.45) is 0. The molecule has 0 radical (unpaired) electrons. The van der Waals surface area contributed by atoms with Gasteiger partial charge in [0.05, 0.1) is 7.11 Å². The number of rotatable bonds is 3. The molecular weight excluding hydrogens is 178 g/mol. The first-order valence-electron chi connectivity index (χ1n) is 4.55. The molecule has 0 bridgehead atoms. The SMILES string of the molecule is COC(=O)[C@H](N)[C@@H](C)c1ccccc1. The number of hydrogen-bond donors (Lipinski definition) is 1. The molecule has 0 aliphatic carbocycles. The van der Waals surface area contributed by atoms with Crippen LogP contribution in [0, 0.1) is 0 Å². The molecule has 0 saturated carbocycles. The van der Waals surface area contributed by atoms with Gasteiger partial charge in [-0.3, -0.25) is 4.79 Å². The zero-order chi connectivity index (χ0) is 10.6. The number of carbonyl (C=O) groups excluding carboxylic acids is 1. The van der Waals surface area contributed by atoms with Gasteiger partial charge in [0.1, 0.15) is 6.04 Å². The summed E-state index contributed by atoms with van der Waals surface area (Å²) >= 11 is 0. The predicted molar refractivity (Wildman–Crippen MR) is 54.8 cm³/mol. The lowest BCUT2D eigenvalue weighted by molar-refractivity contribution is -0.142. The van der Waals surface area contributed by atoms with Crippen LogP contribution in [0.2, 0.25) is 0 Å². The first-order chi connectivity index (χ1) is 6.66. The lowest BCUT2D eigenvalue weighted by atomic mass is 9.94. The average Bonchev–Trinajstić information content (AvgIpc) is 2.27. The van der Waals surface area contributed by atoms with Gasteiger partial charge in [-0.15, -0.1) is 0 Å². The van der Waals surface area contributed by atoms with Crippen LogP contribution >= 0.6 is 0 Å². The van der Waals surface area contributed by atoms with Gasteiger partial charge in [0.15, 0.2) is 0 Å². The minimum Gasteiger partial charge on any atom is -0.468 e. The molecule has 2 atom stereocenters. The molecule has 0 fully saturated rings. The molecular formula is C11H15NO2. The van der Waals surface area contributed by atoms with E-state index in [1.54, 1.807) is 0 Å². The molecule has 14 heavy (non-hydrogen) atoms. The van der Waals surface area contributed by atoms with Crippen LogP contribution in [0.5, 0.6) is 0 Å². The predicted octanol–water partition coefficient (Wildman–Crippen LogP) is 1.29. The Labute approximate surface area is 83.9 Å². The lowest BCUT2D eigenvalue weighted by Crippen LogP contribution is -2.36. The van der Waals surface area contributed by atoms with Crippen molar-refractivity contribution in [2.24, 2.45) is 5.73 Å². The molecule has 2 N–H and O–H groups in total. The fourth-order valence-corrected chi connectivity index (χ4v) is 1.30. The molecule has 0 aromatic heterocycles. The van der Waals surface area contributed by atoms with Crippen molar-refractivity contribution in [2.45, 2.75) is 18.9 Å². The topological polar surface area (TPSA) is 52.3 Å². The maximum atomic E-state index is 11.2. The average molecular weight is 193 g/mol. The van der Waals surface area contributed by atoms with E-state index >= 15 is 0 Å². The highest BCUT2D eigenvalue weighted by Crippen LogP contribution is 2.17. The highest BCUT2D eigenvalue weighted by molar-refractivity contribution is 5.76. The molecule has 1 aromatic carbocycles. The highest BCUT2D eigenvalue weighted by atomic mass is 16.5. The van der Waals surface area contributed by atoms with Gasteiger partial charge < -0.3 is 10.5 Å². The van der Waals surface area contributed by atoms with Gasteiger partial charge >= 0.3 is 5.97 Å². The Kier molecular flexibility index (Phi) is 3.65. The first kappa shape index (κ1) is 10.7. The van der Waals surface area contributed by atoms with Gasteiger partial charge in [0.2, 0.25) is 0 Å². The van der Waals surface area contributed by atoms with E-state index in [1.807, 2.05) is 37.3 Å².